The maximum Gasteiger partial charge on any atom is 0.246 e. The van der Waals surface area contributed by atoms with Crippen LogP contribution in [0.4, 0.5) is 0 Å². The van der Waals surface area contributed by atoms with Crippen LogP contribution in [-0.4, -0.2) is 18.4 Å². The van der Waals surface area contributed by atoms with E-state index >= 15 is 0 Å². The van der Waals surface area contributed by atoms with E-state index < -0.39 is 0 Å². The van der Waals surface area contributed by atoms with Crippen LogP contribution in [0, 0.1) is 0 Å². The summed E-state index contributed by atoms with van der Waals surface area (Å²) in [6.45, 7) is 5.91. The van der Waals surface area contributed by atoms with Crippen LogP contribution >= 0.6 is 12.8 Å². The lowest BCUT2D eigenvalue weighted by molar-refractivity contribution is -0.119. The molecule has 0 aromatic heterocycles. The summed E-state index contributed by atoms with van der Waals surface area (Å²) in [5.74, 6) is -0.131. The Morgan fingerprint density at radius 2 is 1.81 bits per heavy atom. The van der Waals surface area contributed by atoms with Crippen molar-refractivity contribution in [2.24, 2.45) is 0 Å². The molecule has 0 spiro atoms. The van der Waals surface area contributed by atoms with Crippen molar-refractivity contribution in [1.29, 1.82) is 0 Å². The van der Waals surface area contributed by atoms with Crippen LogP contribution in [0.5, 0.6) is 0 Å². The van der Waals surface area contributed by atoms with E-state index in [9.17, 15) is 9.59 Å². The van der Waals surface area contributed by atoms with Gasteiger partial charge in [-0.3, -0.25) is 9.59 Å². The Hall–Kier alpha value is -0.970. The van der Waals surface area contributed by atoms with Gasteiger partial charge in [-0.15, -0.1) is 0 Å². The molecule has 0 atom stereocenters. The second kappa shape index (κ2) is 9.27. The molecule has 2 amide bonds. The predicted molar refractivity (Wildman–Crippen MR) is 68.0 cm³/mol. The SMILES string of the molecule is C=C(C)C(=O)NCCCCCCC(=O)NS. The summed E-state index contributed by atoms with van der Waals surface area (Å²) in [4.78, 5) is 21.9. The molecule has 0 bridgehead atoms. The van der Waals surface area contributed by atoms with Crippen molar-refractivity contribution in [3.63, 3.8) is 0 Å². The van der Waals surface area contributed by atoms with Gasteiger partial charge in [-0.1, -0.05) is 32.2 Å². The molecule has 0 unspecified atom stereocenters. The van der Waals surface area contributed by atoms with E-state index in [0.29, 0.717) is 18.5 Å². The van der Waals surface area contributed by atoms with Gasteiger partial charge in [0, 0.05) is 18.5 Å². The van der Waals surface area contributed by atoms with Gasteiger partial charge in [-0.2, -0.15) is 0 Å². The number of nitrogens with one attached hydrogen (secondary N) is 2. The van der Waals surface area contributed by atoms with Gasteiger partial charge in [0.25, 0.3) is 0 Å². The largest absolute Gasteiger partial charge is 0.352 e. The Morgan fingerprint density at radius 1 is 1.19 bits per heavy atom. The van der Waals surface area contributed by atoms with E-state index in [1.165, 1.54) is 0 Å². The minimum atomic E-state index is -0.0885. The first kappa shape index (κ1) is 15.0. The number of rotatable bonds is 8. The molecular formula is C11H20N2O2S. The quantitative estimate of drug-likeness (QED) is 0.345. The Morgan fingerprint density at radius 3 is 2.38 bits per heavy atom. The first-order chi connectivity index (χ1) is 7.57. The second-order valence-corrected chi connectivity index (χ2v) is 3.96. The average Bonchev–Trinajstić information content (AvgIpc) is 2.26. The van der Waals surface area contributed by atoms with Crippen molar-refractivity contribution in [2.75, 3.05) is 6.54 Å². The first-order valence-electron chi connectivity index (χ1n) is 5.44. The van der Waals surface area contributed by atoms with Gasteiger partial charge in [0.2, 0.25) is 11.8 Å². The highest BCUT2D eigenvalue weighted by Crippen LogP contribution is 2.02. The molecular weight excluding hydrogens is 224 g/mol. The maximum atomic E-state index is 11.1. The topological polar surface area (TPSA) is 58.2 Å². The van der Waals surface area contributed by atoms with E-state index in [4.69, 9.17) is 0 Å². The second-order valence-electron chi connectivity index (χ2n) is 3.74. The molecule has 0 aliphatic heterocycles. The summed E-state index contributed by atoms with van der Waals surface area (Å²) in [6.07, 6.45) is 4.31. The van der Waals surface area contributed by atoms with Crippen molar-refractivity contribution in [1.82, 2.24) is 10.0 Å². The van der Waals surface area contributed by atoms with Gasteiger partial charge in [0.1, 0.15) is 0 Å². The number of thiol groups is 1. The standard InChI is InChI=1S/C11H20N2O2S/c1-9(2)11(15)12-8-6-4-3-5-7-10(14)13-16/h16H,1,3-8H2,2H3,(H,12,15)(H,13,14). The molecule has 0 radical (unpaired) electrons. The van der Waals surface area contributed by atoms with Crippen molar-refractivity contribution >= 4 is 24.6 Å². The van der Waals surface area contributed by atoms with Gasteiger partial charge in [0.15, 0.2) is 0 Å². The fraction of sp³-hybridized carbons (Fsp3) is 0.636. The van der Waals surface area contributed by atoms with Crippen molar-refractivity contribution in [3.05, 3.63) is 12.2 Å². The van der Waals surface area contributed by atoms with E-state index in [2.05, 4.69) is 29.4 Å². The zero-order chi connectivity index (χ0) is 12.4. The molecule has 0 saturated heterocycles. The summed E-state index contributed by atoms with van der Waals surface area (Å²) < 4.78 is 2.28. The highest BCUT2D eigenvalue weighted by molar-refractivity contribution is 7.78. The van der Waals surface area contributed by atoms with Crippen molar-refractivity contribution < 1.29 is 9.59 Å². The van der Waals surface area contributed by atoms with Gasteiger partial charge in [-0.25, -0.2) is 0 Å². The number of carbonyl (C=O) groups is 2. The Balaban J connectivity index is 3.25. The van der Waals surface area contributed by atoms with Crippen LogP contribution in [-0.2, 0) is 9.59 Å². The van der Waals surface area contributed by atoms with Crippen LogP contribution in [0.3, 0.4) is 0 Å². The molecule has 92 valence electrons. The lowest BCUT2D eigenvalue weighted by Gasteiger charge is -2.04. The lowest BCUT2D eigenvalue weighted by atomic mass is 10.1. The summed E-state index contributed by atoms with van der Waals surface area (Å²) in [5, 5.41) is 2.76. The van der Waals surface area contributed by atoms with Crippen molar-refractivity contribution in [3.8, 4) is 0 Å². The Kier molecular flexibility index (Phi) is 8.71. The zero-order valence-electron chi connectivity index (χ0n) is 9.71. The summed E-state index contributed by atoms with van der Waals surface area (Å²) in [7, 11) is 0. The Bertz CT molecular complexity index is 254. The molecule has 0 aliphatic carbocycles. The molecule has 0 heterocycles. The van der Waals surface area contributed by atoms with Gasteiger partial charge >= 0.3 is 0 Å². The van der Waals surface area contributed by atoms with Crippen LogP contribution in [0.25, 0.3) is 0 Å². The molecule has 0 aromatic rings. The highest BCUT2D eigenvalue weighted by atomic mass is 32.1. The molecule has 0 rings (SSSR count). The Labute approximate surface area is 102 Å². The van der Waals surface area contributed by atoms with Crippen LogP contribution in [0.15, 0.2) is 12.2 Å². The number of hydrogen-bond acceptors (Lipinski definition) is 3. The monoisotopic (exact) mass is 244 g/mol. The molecule has 0 fully saturated rings. The summed E-state index contributed by atoms with van der Waals surface area (Å²) in [5.41, 5.74) is 0.533. The van der Waals surface area contributed by atoms with E-state index in [-0.39, 0.29) is 11.8 Å². The summed E-state index contributed by atoms with van der Waals surface area (Å²) >= 11 is 3.66. The van der Waals surface area contributed by atoms with E-state index in [1.807, 2.05) is 0 Å². The van der Waals surface area contributed by atoms with Crippen LogP contribution in [0.2, 0.25) is 0 Å². The molecule has 5 heteroatoms. The third-order valence-corrected chi connectivity index (χ3v) is 2.38. The minimum Gasteiger partial charge on any atom is -0.352 e. The number of unbranched alkanes of at least 4 members (excludes halogenated alkanes) is 3. The normalized spacial score (nSPS) is 9.62. The third kappa shape index (κ3) is 8.35. The fourth-order valence-corrected chi connectivity index (χ4v) is 1.28. The molecule has 2 N–H and O–H groups in total. The molecule has 4 nitrogen and oxygen atoms in total. The van der Waals surface area contributed by atoms with Crippen LogP contribution in [0.1, 0.15) is 39.0 Å². The maximum absolute atomic E-state index is 11.1. The first-order valence-corrected chi connectivity index (χ1v) is 5.89. The molecule has 0 saturated carbocycles. The molecule has 0 aliphatic rings. The van der Waals surface area contributed by atoms with E-state index in [0.717, 1.165) is 25.7 Å². The molecule has 16 heavy (non-hydrogen) atoms. The predicted octanol–water partition coefficient (Wildman–Crippen LogP) is 1.59. The smallest absolute Gasteiger partial charge is 0.246 e. The lowest BCUT2D eigenvalue weighted by Crippen LogP contribution is -2.24. The third-order valence-electron chi connectivity index (χ3n) is 2.13. The van der Waals surface area contributed by atoms with Crippen LogP contribution < -0.4 is 10.0 Å². The zero-order valence-corrected chi connectivity index (χ0v) is 10.6. The fourth-order valence-electron chi connectivity index (χ4n) is 1.17. The number of amides is 2. The molecule has 0 aromatic carbocycles. The van der Waals surface area contributed by atoms with Gasteiger partial charge in [-0.05, 0) is 19.8 Å². The highest BCUT2D eigenvalue weighted by Gasteiger charge is 2.00. The minimum absolute atomic E-state index is 0.0427. The van der Waals surface area contributed by atoms with Gasteiger partial charge in [0.05, 0.1) is 0 Å². The summed E-state index contributed by atoms with van der Waals surface area (Å²) in [6, 6.07) is 0. The van der Waals surface area contributed by atoms with Crippen molar-refractivity contribution in [2.45, 2.75) is 39.0 Å². The number of carbonyl (C=O) groups excluding carboxylic acids is 2. The average molecular weight is 244 g/mol. The number of hydrogen-bond donors (Lipinski definition) is 3. The van der Waals surface area contributed by atoms with E-state index in [1.54, 1.807) is 6.92 Å². The van der Waals surface area contributed by atoms with Gasteiger partial charge < -0.3 is 10.0 Å².